The Labute approximate surface area is 118 Å². The summed E-state index contributed by atoms with van der Waals surface area (Å²) < 4.78 is 0. The molecule has 4 rings (SSSR count). The maximum absolute atomic E-state index is 12.6. The zero-order chi connectivity index (χ0) is 13.5. The lowest BCUT2D eigenvalue weighted by atomic mass is 10.1. The van der Waals surface area contributed by atoms with Crippen molar-refractivity contribution in [3.8, 4) is 0 Å². The molecule has 0 unspecified atom stereocenters. The third kappa shape index (κ3) is 1.78. The topological polar surface area (TPSA) is 32.3 Å². The lowest BCUT2D eigenvalue weighted by Crippen LogP contribution is -2.25. The van der Waals surface area contributed by atoms with Gasteiger partial charge in [-0.05, 0) is 35.2 Å². The molecule has 20 heavy (non-hydrogen) atoms. The van der Waals surface area contributed by atoms with Crippen LogP contribution in [0.4, 0.5) is 5.69 Å². The first kappa shape index (κ1) is 11.5. The Morgan fingerprint density at radius 1 is 1.00 bits per heavy atom. The Bertz CT molecular complexity index is 668. The average Bonchev–Trinajstić information content (AvgIpc) is 3.11. The van der Waals surface area contributed by atoms with Gasteiger partial charge in [0, 0.05) is 30.9 Å². The summed E-state index contributed by atoms with van der Waals surface area (Å²) in [5.41, 5.74) is 5.74. The molecule has 2 aromatic carbocycles. The summed E-state index contributed by atoms with van der Waals surface area (Å²) in [5, 5.41) is 3.33. The van der Waals surface area contributed by atoms with E-state index in [1.165, 1.54) is 16.7 Å². The van der Waals surface area contributed by atoms with Gasteiger partial charge >= 0.3 is 0 Å². The van der Waals surface area contributed by atoms with E-state index in [0.717, 1.165) is 37.3 Å². The van der Waals surface area contributed by atoms with Gasteiger partial charge in [0.2, 0.25) is 0 Å². The minimum Gasteiger partial charge on any atom is -0.384 e. The quantitative estimate of drug-likeness (QED) is 0.859. The van der Waals surface area contributed by atoms with Crippen LogP contribution in [0, 0.1) is 0 Å². The largest absolute Gasteiger partial charge is 0.384 e. The van der Waals surface area contributed by atoms with E-state index in [0.29, 0.717) is 0 Å². The van der Waals surface area contributed by atoms with Gasteiger partial charge in [-0.3, -0.25) is 4.79 Å². The molecule has 1 amide bonds. The van der Waals surface area contributed by atoms with Gasteiger partial charge in [0.25, 0.3) is 5.91 Å². The molecular weight excluding hydrogens is 248 g/mol. The highest BCUT2D eigenvalue weighted by atomic mass is 16.2. The van der Waals surface area contributed by atoms with Gasteiger partial charge in [-0.25, -0.2) is 0 Å². The van der Waals surface area contributed by atoms with Crippen molar-refractivity contribution in [3.05, 3.63) is 64.7 Å². The fraction of sp³-hybridized carbons (Fsp3) is 0.235. The summed E-state index contributed by atoms with van der Waals surface area (Å²) in [6.07, 6.45) is 1.05. The first-order valence-corrected chi connectivity index (χ1v) is 7.04. The predicted molar refractivity (Wildman–Crippen MR) is 78.7 cm³/mol. The maximum Gasteiger partial charge on any atom is 0.254 e. The Balaban J connectivity index is 1.60. The van der Waals surface area contributed by atoms with E-state index < -0.39 is 0 Å². The number of amides is 1. The normalized spacial score (nSPS) is 15.7. The molecule has 0 radical (unpaired) electrons. The van der Waals surface area contributed by atoms with Gasteiger partial charge in [-0.15, -0.1) is 0 Å². The van der Waals surface area contributed by atoms with Crippen LogP contribution in [0.5, 0.6) is 0 Å². The maximum atomic E-state index is 12.6. The van der Waals surface area contributed by atoms with Gasteiger partial charge in [0.15, 0.2) is 0 Å². The van der Waals surface area contributed by atoms with Crippen LogP contribution in [-0.4, -0.2) is 17.4 Å². The monoisotopic (exact) mass is 264 g/mol. The van der Waals surface area contributed by atoms with Crippen LogP contribution in [0.25, 0.3) is 0 Å². The van der Waals surface area contributed by atoms with Gasteiger partial charge < -0.3 is 10.2 Å². The summed E-state index contributed by atoms with van der Waals surface area (Å²) >= 11 is 0. The number of hydrogen-bond acceptors (Lipinski definition) is 2. The average molecular weight is 264 g/mol. The fourth-order valence-corrected chi connectivity index (χ4v) is 3.08. The van der Waals surface area contributed by atoms with Gasteiger partial charge in [0.05, 0.1) is 0 Å². The van der Waals surface area contributed by atoms with E-state index in [4.69, 9.17) is 0 Å². The SMILES string of the molecule is O=C(c1ccc2c(c1)NCC2)N1Cc2ccccc2C1. The van der Waals surface area contributed by atoms with Crippen molar-refractivity contribution in [2.24, 2.45) is 0 Å². The Morgan fingerprint density at radius 2 is 1.75 bits per heavy atom. The van der Waals surface area contributed by atoms with Crippen molar-refractivity contribution in [3.63, 3.8) is 0 Å². The van der Waals surface area contributed by atoms with Crippen molar-refractivity contribution in [1.29, 1.82) is 0 Å². The standard InChI is InChI=1S/C17H16N2O/c20-17(13-6-5-12-7-8-18-16(12)9-13)19-10-14-3-1-2-4-15(14)11-19/h1-6,9,18H,7-8,10-11H2. The number of fused-ring (bicyclic) bond motifs is 2. The number of hydrogen-bond donors (Lipinski definition) is 1. The molecule has 0 bridgehead atoms. The highest BCUT2D eigenvalue weighted by molar-refractivity contribution is 5.95. The Hall–Kier alpha value is -2.29. The second kappa shape index (κ2) is 4.37. The lowest BCUT2D eigenvalue weighted by molar-refractivity contribution is 0.0751. The van der Waals surface area contributed by atoms with Crippen LogP contribution in [0.2, 0.25) is 0 Å². The smallest absolute Gasteiger partial charge is 0.254 e. The molecular formula is C17H16N2O. The third-order valence-electron chi connectivity index (χ3n) is 4.19. The molecule has 0 aliphatic carbocycles. The van der Waals surface area contributed by atoms with Crippen molar-refractivity contribution >= 4 is 11.6 Å². The summed E-state index contributed by atoms with van der Waals surface area (Å²) in [5.74, 6) is 0.123. The summed E-state index contributed by atoms with van der Waals surface area (Å²) in [6.45, 7) is 2.42. The molecule has 3 nitrogen and oxygen atoms in total. The molecule has 1 N–H and O–H groups in total. The van der Waals surface area contributed by atoms with E-state index in [9.17, 15) is 4.79 Å². The molecule has 2 aliphatic rings. The second-order valence-corrected chi connectivity index (χ2v) is 5.48. The van der Waals surface area contributed by atoms with Crippen molar-refractivity contribution in [1.82, 2.24) is 4.90 Å². The fourth-order valence-electron chi connectivity index (χ4n) is 3.08. The zero-order valence-electron chi connectivity index (χ0n) is 11.2. The van der Waals surface area contributed by atoms with Crippen molar-refractivity contribution in [2.45, 2.75) is 19.5 Å². The van der Waals surface area contributed by atoms with Crippen LogP contribution in [0.1, 0.15) is 27.0 Å². The number of benzene rings is 2. The van der Waals surface area contributed by atoms with Crippen LogP contribution in [-0.2, 0) is 19.5 Å². The number of rotatable bonds is 1. The number of nitrogens with zero attached hydrogens (tertiary/aromatic N) is 1. The number of nitrogens with one attached hydrogen (secondary N) is 1. The molecule has 2 aliphatic heterocycles. The molecule has 100 valence electrons. The molecule has 0 saturated carbocycles. The molecule has 0 saturated heterocycles. The van der Waals surface area contributed by atoms with E-state index in [2.05, 4.69) is 23.5 Å². The van der Waals surface area contributed by atoms with Crippen LogP contribution < -0.4 is 5.32 Å². The van der Waals surface area contributed by atoms with Crippen molar-refractivity contribution in [2.75, 3.05) is 11.9 Å². The van der Waals surface area contributed by atoms with Crippen LogP contribution in [0.15, 0.2) is 42.5 Å². The summed E-state index contributed by atoms with van der Waals surface area (Å²) in [7, 11) is 0. The number of carbonyl (C=O) groups is 1. The first-order valence-electron chi connectivity index (χ1n) is 7.04. The Morgan fingerprint density at radius 3 is 2.50 bits per heavy atom. The lowest BCUT2D eigenvalue weighted by Gasteiger charge is -2.16. The molecule has 0 spiro atoms. The second-order valence-electron chi connectivity index (χ2n) is 5.48. The van der Waals surface area contributed by atoms with E-state index >= 15 is 0 Å². The summed E-state index contributed by atoms with van der Waals surface area (Å²) in [4.78, 5) is 14.5. The van der Waals surface area contributed by atoms with Crippen molar-refractivity contribution < 1.29 is 4.79 Å². The minimum absolute atomic E-state index is 0.123. The number of anilines is 1. The minimum atomic E-state index is 0.123. The van der Waals surface area contributed by atoms with Gasteiger partial charge in [-0.1, -0.05) is 30.3 Å². The van der Waals surface area contributed by atoms with E-state index in [1.807, 2.05) is 29.2 Å². The predicted octanol–water partition coefficient (Wildman–Crippen LogP) is 2.81. The Kier molecular flexibility index (Phi) is 2.52. The van der Waals surface area contributed by atoms with Gasteiger partial charge in [0.1, 0.15) is 0 Å². The number of carbonyl (C=O) groups excluding carboxylic acids is 1. The molecule has 0 atom stereocenters. The van der Waals surface area contributed by atoms with Crippen LogP contribution in [0.3, 0.4) is 0 Å². The summed E-state index contributed by atoms with van der Waals surface area (Å²) in [6, 6.07) is 14.3. The van der Waals surface area contributed by atoms with Gasteiger partial charge in [-0.2, -0.15) is 0 Å². The molecule has 2 heterocycles. The molecule has 0 fully saturated rings. The highest BCUT2D eigenvalue weighted by Gasteiger charge is 2.24. The zero-order valence-corrected chi connectivity index (χ0v) is 11.2. The third-order valence-corrected chi connectivity index (χ3v) is 4.19. The van der Waals surface area contributed by atoms with E-state index in [-0.39, 0.29) is 5.91 Å². The molecule has 0 aromatic heterocycles. The van der Waals surface area contributed by atoms with E-state index in [1.54, 1.807) is 0 Å². The first-order chi connectivity index (χ1) is 9.81. The van der Waals surface area contributed by atoms with Crippen LogP contribution >= 0.6 is 0 Å². The molecule has 2 aromatic rings. The highest BCUT2D eigenvalue weighted by Crippen LogP contribution is 2.27. The molecule has 3 heteroatoms.